The molecule has 0 aromatic heterocycles. The van der Waals surface area contributed by atoms with Gasteiger partial charge < -0.3 is 0 Å². The number of hydrogen-bond acceptors (Lipinski definition) is 3. The van der Waals surface area contributed by atoms with Crippen LogP contribution in [0.1, 0.15) is 32.1 Å². The minimum atomic E-state index is 0.597. The lowest BCUT2D eigenvalue weighted by atomic mass is 9.78. The highest BCUT2D eigenvalue weighted by Gasteiger charge is 2.28. The molecule has 1 saturated heterocycles. The SMILES string of the molecule is NNC(CC1CCC1)C1CCSC1. The van der Waals surface area contributed by atoms with Gasteiger partial charge in [0.1, 0.15) is 0 Å². The van der Waals surface area contributed by atoms with E-state index >= 15 is 0 Å². The Morgan fingerprint density at radius 3 is 2.69 bits per heavy atom. The van der Waals surface area contributed by atoms with E-state index in [9.17, 15) is 0 Å². The van der Waals surface area contributed by atoms with Gasteiger partial charge in [-0.2, -0.15) is 11.8 Å². The Labute approximate surface area is 85.0 Å². The Hall–Kier alpha value is 0.270. The Bertz CT molecular complexity index is 153. The monoisotopic (exact) mass is 200 g/mol. The predicted octanol–water partition coefficient (Wildman–Crippen LogP) is 1.76. The molecule has 3 heteroatoms. The summed E-state index contributed by atoms with van der Waals surface area (Å²) in [6.07, 6.45) is 7.02. The topological polar surface area (TPSA) is 38.0 Å². The second kappa shape index (κ2) is 4.67. The maximum Gasteiger partial charge on any atom is 0.0249 e. The highest BCUT2D eigenvalue weighted by atomic mass is 32.2. The molecule has 0 aromatic carbocycles. The summed E-state index contributed by atoms with van der Waals surface area (Å²) < 4.78 is 0. The first-order chi connectivity index (χ1) is 6.40. The summed E-state index contributed by atoms with van der Waals surface area (Å²) in [6.45, 7) is 0. The average molecular weight is 200 g/mol. The first-order valence-electron chi connectivity index (χ1n) is 5.44. The fraction of sp³-hybridized carbons (Fsp3) is 1.00. The maximum absolute atomic E-state index is 5.62. The van der Waals surface area contributed by atoms with Crippen molar-refractivity contribution in [3.05, 3.63) is 0 Å². The zero-order chi connectivity index (χ0) is 9.10. The van der Waals surface area contributed by atoms with Gasteiger partial charge in [-0.3, -0.25) is 11.3 Å². The Morgan fingerprint density at radius 1 is 1.38 bits per heavy atom. The van der Waals surface area contributed by atoms with E-state index in [1.54, 1.807) is 0 Å². The maximum atomic E-state index is 5.62. The van der Waals surface area contributed by atoms with E-state index in [1.165, 1.54) is 43.6 Å². The molecule has 1 aliphatic heterocycles. The lowest BCUT2D eigenvalue weighted by Crippen LogP contribution is -2.43. The lowest BCUT2D eigenvalue weighted by Gasteiger charge is -2.31. The van der Waals surface area contributed by atoms with Crippen LogP contribution in [0.25, 0.3) is 0 Å². The average Bonchev–Trinajstić information content (AvgIpc) is 2.55. The first kappa shape index (κ1) is 9.81. The van der Waals surface area contributed by atoms with Gasteiger partial charge in [0.05, 0.1) is 0 Å². The summed E-state index contributed by atoms with van der Waals surface area (Å²) in [5, 5.41) is 0. The van der Waals surface area contributed by atoms with Crippen molar-refractivity contribution in [2.75, 3.05) is 11.5 Å². The van der Waals surface area contributed by atoms with Crippen LogP contribution >= 0.6 is 11.8 Å². The molecule has 0 amide bonds. The Balaban J connectivity index is 1.77. The van der Waals surface area contributed by atoms with Gasteiger partial charge in [0, 0.05) is 6.04 Å². The molecule has 0 spiro atoms. The molecule has 0 aromatic rings. The van der Waals surface area contributed by atoms with Crippen LogP contribution in [-0.4, -0.2) is 17.5 Å². The molecule has 0 bridgehead atoms. The third kappa shape index (κ3) is 2.39. The van der Waals surface area contributed by atoms with Crippen LogP contribution in [0.4, 0.5) is 0 Å². The van der Waals surface area contributed by atoms with E-state index in [4.69, 9.17) is 5.84 Å². The Morgan fingerprint density at radius 2 is 2.23 bits per heavy atom. The molecule has 2 rings (SSSR count). The molecule has 2 aliphatic rings. The standard InChI is InChI=1S/C10H20N2S/c11-12-10(6-8-2-1-3-8)9-4-5-13-7-9/h8-10,12H,1-7,11H2. The van der Waals surface area contributed by atoms with Crippen molar-refractivity contribution >= 4 is 11.8 Å². The van der Waals surface area contributed by atoms with Gasteiger partial charge in [-0.25, -0.2) is 0 Å². The molecule has 1 saturated carbocycles. The molecule has 2 atom stereocenters. The van der Waals surface area contributed by atoms with Crippen LogP contribution in [0.2, 0.25) is 0 Å². The minimum absolute atomic E-state index is 0.597. The van der Waals surface area contributed by atoms with E-state index in [0.717, 1.165) is 11.8 Å². The molecular formula is C10H20N2S. The van der Waals surface area contributed by atoms with E-state index in [0.29, 0.717) is 6.04 Å². The van der Waals surface area contributed by atoms with Crippen LogP contribution in [0.5, 0.6) is 0 Å². The van der Waals surface area contributed by atoms with Crippen molar-refractivity contribution in [3.63, 3.8) is 0 Å². The number of hydrazine groups is 1. The van der Waals surface area contributed by atoms with Crippen LogP contribution in [0.15, 0.2) is 0 Å². The summed E-state index contributed by atoms with van der Waals surface area (Å²) >= 11 is 2.08. The summed E-state index contributed by atoms with van der Waals surface area (Å²) in [5.74, 6) is 10.1. The third-order valence-electron chi connectivity index (χ3n) is 3.56. The zero-order valence-electron chi connectivity index (χ0n) is 8.17. The van der Waals surface area contributed by atoms with Crippen LogP contribution in [-0.2, 0) is 0 Å². The number of hydrogen-bond donors (Lipinski definition) is 2. The fourth-order valence-corrected chi connectivity index (χ4v) is 3.69. The van der Waals surface area contributed by atoms with Gasteiger partial charge in [-0.05, 0) is 36.2 Å². The van der Waals surface area contributed by atoms with Crippen LogP contribution in [0.3, 0.4) is 0 Å². The van der Waals surface area contributed by atoms with Crippen molar-refractivity contribution < 1.29 is 0 Å². The number of thioether (sulfide) groups is 1. The number of rotatable bonds is 4. The molecule has 2 unspecified atom stereocenters. The summed E-state index contributed by atoms with van der Waals surface area (Å²) in [6, 6.07) is 0.597. The predicted molar refractivity (Wildman–Crippen MR) is 58.5 cm³/mol. The Kier molecular flexibility index (Phi) is 3.52. The van der Waals surface area contributed by atoms with Crippen molar-refractivity contribution in [1.82, 2.24) is 5.43 Å². The second-order valence-electron chi connectivity index (χ2n) is 4.43. The summed E-state index contributed by atoms with van der Waals surface area (Å²) in [7, 11) is 0. The van der Waals surface area contributed by atoms with Crippen molar-refractivity contribution in [2.45, 2.75) is 38.1 Å². The van der Waals surface area contributed by atoms with Crippen LogP contribution < -0.4 is 11.3 Å². The lowest BCUT2D eigenvalue weighted by molar-refractivity contribution is 0.230. The van der Waals surface area contributed by atoms with Gasteiger partial charge in [-0.15, -0.1) is 0 Å². The molecular weight excluding hydrogens is 180 g/mol. The molecule has 1 heterocycles. The van der Waals surface area contributed by atoms with Gasteiger partial charge in [-0.1, -0.05) is 19.3 Å². The van der Waals surface area contributed by atoms with Gasteiger partial charge >= 0.3 is 0 Å². The number of nitrogens with one attached hydrogen (secondary N) is 1. The summed E-state index contributed by atoms with van der Waals surface area (Å²) in [4.78, 5) is 0. The highest BCUT2D eigenvalue weighted by molar-refractivity contribution is 7.99. The minimum Gasteiger partial charge on any atom is -0.271 e. The van der Waals surface area contributed by atoms with Crippen LogP contribution in [0, 0.1) is 11.8 Å². The largest absolute Gasteiger partial charge is 0.271 e. The molecule has 1 aliphatic carbocycles. The smallest absolute Gasteiger partial charge is 0.0249 e. The van der Waals surface area contributed by atoms with Crippen molar-refractivity contribution in [3.8, 4) is 0 Å². The van der Waals surface area contributed by atoms with E-state index in [1.807, 2.05) is 0 Å². The zero-order valence-corrected chi connectivity index (χ0v) is 8.98. The second-order valence-corrected chi connectivity index (χ2v) is 5.58. The molecule has 0 radical (unpaired) electrons. The third-order valence-corrected chi connectivity index (χ3v) is 4.75. The molecule has 13 heavy (non-hydrogen) atoms. The fourth-order valence-electron chi connectivity index (χ4n) is 2.35. The normalized spacial score (nSPS) is 31.6. The summed E-state index contributed by atoms with van der Waals surface area (Å²) in [5.41, 5.74) is 3.03. The van der Waals surface area contributed by atoms with Gasteiger partial charge in [0.25, 0.3) is 0 Å². The van der Waals surface area contributed by atoms with E-state index in [-0.39, 0.29) is 0 Å². The molecule has 3 N–H and O–H groups in total. The molecule has 76 valence electrons. The number of nitrogens with two attached hydrogens (primary N) is 1. The molecule has 2 nitrogen and oxygen atoms in total. The van der Waals surface area contributed by atoms with Gasteiger partial charge in [0.15, 0.2) is 0 Å². The van der Waals surface area contributed by atoms with E-state index in [2.05, 4.69) is 17.2 Å². The quantitative estimate of drug-likeness (QED) is 0.536. The van der Waals surface area contributed by atoms with E-state index < -0.39 is 0 Å². The highest BCUT2D eigenvalue weighted by Crippen LogP contribution is 2.35. The van der Waals surface area contributed by atoms with Crippen molar-refractivity contribution in [1.29, 1.82) is 0 Å². The molecule has 2 fully saturated rings. The first-order valence-corrected chi connectivity index (χ1v) is 6.59. The van der Waals surface area contributed by atoms with Crippen molar-refractivity contribution in [2.24, 2.45) is 17.7 Å². The van der Waals surface area contributed by atoms with Gasteiger partial charge in [0.2, 0.25) is 0 Å².